The Morgan fingerprint density at radius 2 is 1.59 bits per heavy atom. The predicted molar refractivity (Wildman–Crippen MR) is 135 cm³/mol. The highest BCUT2D eigenvalue weighted by atomic mass is 16.7. The summed E-state index contributed by atoms with van der Waals surface area (Å²) >= 11 is 0. The Morgan fingerprint density at radius 3 is 2.24 bits per heavy atom. The fraction of sp³-hybridized carbons (Fsp3) is 0.500. The third-order valence-corrected chi connectivity index (χ3v) is 6.97. The van der Waals surface area contributed by atoms with Crippen molar-refractivity contribution in [2.24, 2.45) is 5.92 Å². The van der Waals surface area contributed by atoms with E-state index in [0.717, 1.165) is 55.1 Å². The van der Waals surface area contributed by atoms with Crippen molar-refractivity contribution in [3.8, 4) is 0 Å². The van der Waals surface area contributed by atoms with Gasteiger partial charge in [-0.2, -0.15) is 0 Å². The Balaban J connectivity index is 1.46. The number of nitrogens with one attached hydrogen (secondary N) is 1. The third kappa shape index (κ3) is 7.59. The molecule has 2 fully saturated rings. The van der Waals surface area contributed by atoms with E-state index in [1.807, 2.05) is 48.5 Å². The highest BCUT2D eigenvalue weighted by Crippen LogP contribution is 2.41. The van der Waals surface area contributed by atoms with Gasteiger partial charge in [-0.1, -0.05) is 55.5 Å². The first-order valence-electron chi connectivity index (χ1n) is 12.8. The Morgan fingerprint density at radius 1 is 0.946 bits per heavy atom. The number of rotatable bonds is 10. The lowest BCUT2D eigenvalue weighted by atomic mass is 9.90. The molecule has 2 saturated heterocycles. The van der Waals surface area contributed by atoms with Crippen LogP contribution in [0.4, 0.5) is 0 Å². The van der Waals surface area contributed by atoms with E-state index in [4.69, 9.17) is 19.3 Å². The topological polar surface area (TPSA) is 118 Å². The van der Waals surface area contributed by atoms with Gasteiger partial charge >= 0.3 is 5.97 Å². The number of carboxylic acids is 1. The molecule has 4 rings (SSSR count). The molecule has 0 radical (unpaired) electrons. The molecule has 0 unspecified atom stereocenters. The van der Waals surface area contributed by atoms with Crippen LogP contribution in [0.15, 0.2) is 48.5 Å². The summed E-state index contributed by atoms with van der Waals surface area (Å²) in [6.45, 7) is 6.46. The third-order valence-electron chi connectivity index (χ3n) is 6.97. The molecule has 2 aromatic carbocycles. The number of carbonyl (C=O) groups excluding carboxylic acids is 1. The number of hydrogen-bond donors (Lipinski definition) is 3. The Bertz CT molecular complexity index is 1020. The number of morpholine rings is 1. The lowest BCUT2D eigenvalue weighted by Gasteiger charge is -2.43. The van der Waals surface area contributed by atoms with E-state index >= 15 is 0 Å². The van der Waals surface area contributed by atoms with Gasteiger partial charge in [0.2, 0.25) is 5.91 Å². The van der Waals surface area contributed by atoms with Crippen molar-refractivity contribution < 1.29 is 34.0 Å². The number of carbonyl (C=O) groups is 2. The minimum atomic E-state index is -0.990. The first-order chi connectivity index (χ1) is 17.9. The molecule has 200 valence electrons. The van der Waals surface area contributed by atoms with Crippen molar-refractivity contribution in [3.05, 3.63) is 70.8 Å². The smallest absolute Gasteiger partial charge is 0.303 e. The molecule has 9 nitrogen and oxygen atoms in total. The number of aliphatic hydroxyl groups is 1. The fourth-order valence-corrected chi connectivity index (χ4v) is 4.67. The van der Waals surface area contributed by atoms with Gasteiger partial charge in [0.1, 0.15) is 0 Å². The summed E-state index contributed by atoms with van der Waals surface area (Å²) in [5.74, 6) is -1.17. The summed E-state index contributed by atoms with van der Waals surface area (Å²) in [4.78, 5) is 24.8. The second kappa shape index (κ2) is 13.1. The van der Waals surface area contributed by atoms with Crippen LogP contribution in [-0.2, 0) is 37.0 Å². The molecule has 2 heterocycles. The summed E-state index contributed by atoms with van der Waals surface area (Å²) in [6.07, 6.45) is -1.00. The van der Waals surface area contributed by atoms with Crippen LogP contribution in [0, 0.1) is 5.92 Å². The zero-order chi connectivity index (χ0) is 26.2. The number of hydrogen-bond acceptors (Lipinski definition) is 7. The van der Waals surface area contributed by atoms with Crippen molar-refractivity contribution in [3.63, 3.8) is 0 Å². The number of nitrogens with zero attached hydrogens (tertiary/aromatic N) is 1. The molecule has 1 amide bonds. The summed E-state index contributed by atoms with van der Waals surface area (Å²) in [5, 5.41) is 20.9. The highest BCUT2D eigenvalue weighted by molar-refractivity contribution is 5.80. The van der Waals surface area contributed by atoms with Crippen molar-refractivity contribution in [2.75, 3.05) is 32.8 Å². The van der Waals surface area contributed by atoms with E-state index in [-0.39, 0.29) is 43.5 Å². The van der Waals surface area contributed by atoms with Crippen LogP contribution in [0.2, 0.25) is 0 Å². The molecule has 4 atom stereocenters. The van der Waals surface area contributed by atoms with Gasteiger partial charge in [0, 0.05) is 44.1 Å². The molecular weight excluding hydrogens is 476 g/mol. The average Bonchev–Trinajstić information content (AvgIpc) is 2.93. The lowest BCUT2D eigenvalue weighted by molar-refractivity contribution is -0.277. The normalized spacial score (nSPS) is 24.5. The minimum absolute atomic E-state index is 0.000881. The number of ether oxygens (including phenoxy) is 3. The molecule has 9 heteroatoms. The van der Waals surface area contributed by atoms with Crippen LogP contribution >= 0.6 is 0 Å². The zero-order valence-corrected chi connectivity index (χ0v) is 21.2. The van der Waals surface area contributed by atoms with Crippen molar-refractivity contribution in [2.45, 2.75) is 51.4 Å². The first-order valence-corrected chi connectivity index (χ1v) is 12.8. The van der Waals surface area contributed by atoms with E-state index in [1.54, 1.807) is 0 Å². The van der Waals surface area contributed by atoms with Crippen LogP contribution in [0.1, 0.15) is 54.4 Å². The van der Waals surface area contributed by atoms with Gasteiger partial charge < -0.3 is 29.7 Å². The molecule has 2 aromatic rings. The van der Waals surface area contributed by atoms with Gasteiger partial charge in [0.25, 0.3) is 0 Å². The Labute approximate surface area is 217 Å². The largest absolute Gasteiger partial charge is 0.481 e. The predicted octanol–water partition coefficient (Wildman–Crippen LogP) is 2.78. The molecule has 0 bridgehead atoms. The number of carboxylic acid groups (broad SMARTS) is 1. The SMILES string of the molecule is C[C@H]1[C@@H](CN2CCOCC2)O[C@@H](c2ccc(CNC(=O)CCC(=O)O)cc2)O[C@H]1c1ccc(CO)cc1. The zero-order valence-electron chi connectivity index (χ0n) is 21.2. The molecule has 0 saturated carbocycles. The van der Waals surface area contributed by atoms with Gasteiger partial charge in [-0.05, 0) is 16.7 Å². The second-order valence-corrected chi connectivity index (χ2v) is 9.65. The van der Waals surface area contributed by atoms with Crippen LogP contribution in [0.3, 0.4) is 0 Å². The monoisotopic (exact) mass is 512 g/mol. The molecule has 0 aliphatic carbocycles. The average molecular weight is 513 g/mol. The van der Waals surface area contributed by atoms with E-state index < -0.39 is 12.3 Å². The molecular formula is C28H36N2O7. The lowest BCUT2D eigenvalue weighted by Crippen LogP contribution is -2.47. The molecule has 0 spiro atoms. The molecule has 3 N–H and O–H groups in total. The second-order valence-electron chi connectivity index (χ2n) is 9.65. The maximum absolute atomic E-state index is 11.8. The number of benzene rings is 2. The minimum Gasteiger partial charge on any atom is -0.481 e. The van der Waals surface area contributed by atoms with Gasteiger partial charge in [0.15, 0.2) is 6.29 Å². The van der Waals surface area contributed by atoms with Gasteiger partial charge in [-0.25, -0.2) is 0 Å². The van der Waals surface area contributed by atoms with E-state index in [0.29, 0.717) is 6.54 Å². The molecule has 2 aliphatic rings. The van der Waals surface area contributed by atoms with Crippen LogP contribution in [0.25, 0.3) is 0 Å². The standard InChI is InChI=1S/C28H36N2O7/c1-19-24(17-30-12-14-35-15-13-30)36-28(37-27(19)22-6-4-21(18-31)5-7-22)23-8-2-20(3-9-23)16-29-25(32)10-11-26(33)34/h2-9,19,24,27-28,31H,10-18H2,1H3,(H,29,32)(H,33,34)/t19-,24+,27+,28+/m0/s1. The summed E-state index contributed by atoms with van der Waals surface area (Å²) < 4.78 is 18.5. The highest BCUT2D eigenvalue weighted by Gasteiger charge is 2.39. The summed E-state index contributed by atoms with van der Waals surface area (Å²) in [7, 11) is 0. The van der Waals surface area contributed by atoms with Crippen molar-refractivity contribution >= 4 is 11.9 Å². The van der Waals surface area contributed by atoms with Gasteiger partial charge in [-0.15, -0.1) is 0 Å². The molecule has 2 aliphatic heterocycles. The van der Waals surface area contributed by atoms with E-state index in [9.17, 15) is 14.7 Å². The number of amides is 1. The quantitative estimate of drug-likeness (QED) is 0.445. The van der Waals surface area contributed by atoms with Crippen molar-refractivity contribution in [1.29, 1.82) is 0 Å². The van der Waals surface area contributed by atoms with Crippen molar-refractivity contribution in [1.82, 2.24) is 10.2 Å². The van der Waals surface area contributed by atoms with E-state index in [1.165, 1.54) is 0 Å². The summed E-state index contributed by atoms with van der Waals surface area (Å²) in [5.41, 5.74) is 3.69. The maximum atomic E-state index is 11.8. The number of aliphatic hydroxyl groups excluding tert-OH is 1. The van der Waals surface area contributed by atoms with Crippen LogP contribution in [-0.4, -0.2) is 65.9 Å². The summed E-state index contributed by atoms with van der Waals surface area (Å²) in [6, 6.07) is 15.6. The maximum Gasteiger partial charge on any atom is 0.303 e. The van der Waals surface area contributed by atoms with Crippen LogP contribution < -0.4 is 5.32 Å². The fourth-order valence-electron chi connectivity index (χ4n) is 4.67. The van der Waals surface area contributed by atoms with E-state index in [2.05, 4.69) is 17.1 Å². The van der Waals surface area contributed by atoms with Gasteiger partial charge in [-0.3, -0.25) is 14.5 Å². The molecule has 0 aromatic heterocycles. The van der Waals surface area contributed by atoms with Crippen LogP contribution in [0.5, 0.6) is 0 Å². The molecule has 37 heavy (non-hydrogen) atoms. The Hall–Kier alpha value is -2.82. The Kier molecular flexibility index (Phi) is 9.65. The number of aliphatic carboxylic acids is 1. The van der Waals surface area contributed by atoms with Gasteiger partial charge in [0.05, 0.1) is 38.4 Å². The first kappa shape index (κ1) is 27.2.